The van der Waals surface area contributed by atoms with Crippen LogP contribution in [0.5, 0.6) is 0 Å². The highest BCUT2D eigenvalue weighted by Crippen LogP contribution is 2.42. The van der Waals surface area contributed by atoms with E-state index in [9.17, 15) is 4.39 Å². The zero-order valence-corrected chi connectivity index (χ0v) is 18.1. The Morgan fingerprint density at radius 3 is 2.88 bits per heavy atom. The Balaban J connectivity index is 1.35. The number of halogens is 1. The molecule has 2 saturated heterocycles. The van der Waals surface area contributed by atoms with Gasteiger partial charge in [-0.15, -0.1) is 0 Å². The van der Waals surface area contributed by atoms with Crippen LogP contribution in [0, 0.1) is 23.1 Å². The molecule has 0 saturated carbocycles. The highest BCUT2D eigenvalue weighted by atomic mass is 19.1. The molecule has 2 aliphatic rings. The van der Waals surface area contributed by atoms with Crippen LogP contribution in [0.2, 0.25) is 0 Å². The number of piperidine rings is 1. The van der Waals surface area contributed by atoms with Crippen molar-refractivity contribution >= 4 is 22.6 Å². The largest absolute Gasteiger partial charge is 0.376 e. The molecule has 3 N–H and O–H groups in total. The molecule has 0 aromatic carbocycles. The molecular formula is C23H23FN8O. The van der Waals surface area contributed by atoms with E-state index in [0.29, 0.717) is 22.4 Å². The second kappa shape index (κ2) is 7.50. The first kappa shape index (κ1) is 20.1. The lowest BCUT2D eigenvalue weighted by molar-refractivity contribution is 0.0973. The number of fused-ring (bicyclic) bond motifs is 3. The van der Waals surface area contributed by atoms with E-state index in [1.54, 1.807) is 6.20 Å². The van der Waals surface area contributed by atoms with Crippen molar-refractivity contribution < 1.29 is 9.13 Å². The third-order valence-electron chi connectivity index (χ3n) is 7.02. The van der Waals surface area contributed by atoms with Crippen LogP contribution in [-0.2, 0) is 4.74 Å². The average Bonchev–Trinajstić information content (AvgIpc) is 3.54. The first-order valence-electron chi connectivity index (χ1n) is 11.0. The lowest BCUT2D eigenvalue weighted by Gasteiger charge is -2.41. The van der Waals surface area contributed by atoms with Gasteiger partial charge in [-0.3, -0.25) is 14.5 Å². The van der Waals surface area contributed by atoms with Crippen molar-refractivity contribution in [1.82, 2.24) is 29.5 Å². The van der Waals surface area contributed by atoms with Gasteiger partial charge in [-0.25, -0.2) is 9.37 Å². The van der Waals surface area contributed by atoms with Gasteiger partial charge in [0.1, 0.15) is 5.69 Å². The molecule has 2 fully saturated rings. The van der Waals surface area contributed by atoms with Crippen LogP contribution in [0.4, 0.5) is 10.3 Å². The van der Waals surface area contributed by atoms with Crippen molar-refractivity contribution in [3.8, 4) is 11.8 Å². The summed E-state index contributed by atoms with van der Waals surface area (Å²) in [5, 5.41) is 8.01. The van der Waals surface area contributed by atoms with Crippen molar-refractivity contribution in [2.45, 2.75) is 31.9 Å². The Hall–Kier alpha value is -3.55. The number of anilines is 1. The molecule has 4 aromatic heterocycles. The molecule has 168 valence electrons. The predicted molar refractivity (Wildman–Crippen MR) is 120 cm³/mol. The lowest BCUT2D eigenvalue weighted by Crippen LogP contribution is -2.51. The summed E-state index contributed by atoms with van der Waals surface area (Å²) in [6.45, 7) is 4.43. The fraction of sp³-hybridized carbons (Fsp3) is 0.391. The van der Waals surface area contributed by atoms with E-state index in [-0.39, 0.29) is 23.1 Å². The summed E-state index contributed by atoms with van der Waals surface area (Å²) >= 11 is 0. The third-order valence-corrected chi connectivity index (χ3v) is 7.02. The zero-order valence-electron chi connectivity index (χ0n) is 18.1. The maximum absolute atomic E-state index is 13.9. The van der Waals surface area contributed by atoms with E-state index < -0.39 is 5.82 Å². The van der Waals surface area contributed by atoms with Gasteiger partial charge in [0.05, 0.1) is 29.9 Å². The Morgan fingerprint density at radius 1 is 1.27 bits per heavy atom. The normalized spacial score (nSPS) is 22.2. The number of hydrogen-bond donors (Lipinski definition) is 2. The molecule has 0 aliphatic carbocycles. The number of nitrogens with zero attached hydrogens (tertiary/aromatic N) is 6. The van der Waals surface area contributed by atoms with Gasteiger partial charge in [0.15, 0.2) is 17.1 Å². The van der Waals surface area contributed by atoms with Crippen molar-refractivity contribution in [2.75, 3.05) is 24.6 Å². The molecule has 9 nitrogen and oxygen atoms in total. The van der Waals surface area contributed by atoms with Gasteiger partial charge in [-0.2, -0.15) is 10.1 Å². The topological polar surface area (TPSA) is 110 Å². The monoisotopic (exact) mass is 446 g/mol. The number of aromatic amines is 1. The van der Waals surface area contributed by atoms with Crippen molar-refractivity contribution in [3.63, 3.8) is 0 Å². The number of ether oxygens (including phenoxy) is 1. The Morgan fingerprint density at radius 2 is 2.12 bits per heavy atom. The van der Waals surface area contributed by atoms with E-state index in [0.717, 1.165) is 44.7 Å². The summed E-state index contributed by atoms with van der Waals surface area (Å²) in [7, 11) is 0. The molecule has 2 aliphatic heterocycles. The SMILES string of the molecule is C[C@@H]1OCC2(CCN(c3nc4[nH]nc(C#Cc5ccncc5F)c4c4nccn34)CC2)[C@@H]1N. The van der Waals surface area contributed by atoms with E-state index >= 15 is 0 Å². The average molecular weight is 446 g/mol. The quantitative estimate of drug-likeness (QED) is 0.430. The van der Waals surface area contributed by atoms with Crippen LogP contribution in [-0.4, -0.2) is 61.4 Å². The molecule has 1 spiro atoms. The number of imidazole rings is 1. The number of aromatic nitrogens is 6. The van der Waals surface area contributed by atoms with E-state index in [2.05, 4.69) is 43.8 Å². The number of nitrogens with two attached hydrogens (primary N) is 1. The number of hydrogen-bond acceptors (Lipinski definition) is 7. The van der Waals surface area contributed by atoms with Crippen LogP contribution >= 0.6 is 0 Å². The summed E-state index contributed by atoms with van der Waals surface area (Å²) in [6.07, 6.45) is 8.26. The van der Waals surface area contributed by atoms with Crippen molar-refractivity contribution in [3.05, 3.63) is 47.9 Å². The second-order valence-electron chi connectivity index (χ2n) is 8.83. The van der Waals surface area contributed by atoms with Crippen LogP contribution in [0.25, 0.3) is 16.7 Å². The number of nitrogens with one attached hydrogen (secondary N) is 1. The number of pyridine rings is 1. The molecule has 0 amide bonds. The minimum absolute atomic E-state index is 0.0348. The lowest BCUT2D eigenvalue weighted by atomic mass is 9.73. The molecule has 2 atom stereocenters. The standard InChI is InChI=1S/C23H23FN8O/c1-14-19(25)23(13-33-14)5-9-31(10-6-23)22-28-20-18(21-27-8-11-32(21)22)17(29-30-20)3-2-15-4-7-26-12-16(15)24/h4,7-8,11-12,14,19H,5-6,9-10,13,25H2,1H3,(H,29,30)/t14-,19+/m0/s1. The maximum Gasteiger partial charge on any atom is 0.213 e. The van der Waals surface area contributed by atoms with Gasteiger partial charge in [-0.05, 0) is 31.8 Å². The van der Waals surface area contributed by atoms with Gasteiger partial charge >= 0.3 is 0 Å². The molecular weight excluding hydrogens is 423 g/mol. The molecule has 0 unspecified atom stereocenters. The summed E-state index contributed by atoms with van der Waals surface area (Å²) in [4.78, 5) is 15.4. The summed E-state index contributed by atoms with van der Waals surface area (Å²) in [5.41, 5.74) is 8.54. The fourth-order valence-electron chi connectivity index (χ4n) is 4.97. The summed E-state index contributed by atoms with van der Waals surface area (Å²) < 4.78 is 21.7. The van der Waals surface area contributed by atoms with E-state index in [1.807, 2.05) is 10.6 Å². The molecule has 4 aromatic rings. The van der Waals surface area contributed by atoms with Crippen molar-refractivity contribution in [1.29, 1.82) is 0 Å². The molecule has 0 bridgehead atoms. The summed E-state index contributed by atoms with van der Waals surface area (Å²) in [6, 6.07) is 1.59. The minimum Gasteiger partial charge on any atom is -0.376 e. The molecule has 10 heteroatoms. The number of H-pyrrole nitrogens is 1. The first-order valence-corrected chi connectivity index (χ1v) is 11.0. The van der Waals surface area contributed by atoms with E-state index in [1.165, 1.54) is 12.3 Å². The Kier molecular flexibility index (Phi) is 4.57. The molecule has 6 heterocycles. The van der Waals surface area contributed by atoms with Crippen LogP contribution < -0.4 is 10.6 Å². The predicted octanol–water partition coefficient (Wildman–Crippen LogP) is 1.87. The number of rotatable bonds is 1. The van der Waals surface area contributed by atoms with Crippen LogP contribution in [0.1, 0.15) is 31.0 Å². The molecule has 6 rings (SSSR count). The third kappa shape index (κ3) is 3.15. The van der Waals surface area contributed by atoms with Crippen LogP contribution in [0.3, 0.4) is 0 Å². The van der Waals surface area contributed by atoms with Gasteiger partial charge < -0.3 is 15.4 Å². The van der Waals surface area contributed by atoms with Gasteiger partial charge in [0, 0.05) is 43.1 Å². The fourth-order valence-corrected chi connectivity index (χ4v) is 4.97. The summed E-state index contributed by atoms with van der Waals surface area (Å²) in [5.74, 6) is 6.11. The van der Waals surface area contributed by atoms with Crippen LogP contribution in [0.15, 0.2) is 30.9 Å². The smallest absolute Gasteiger partial charge is 0.213 e. The molecule has 0 radical (unpaired) electrons. The zero-order chi connectivity index (χ0) is 22.6. The van der Waals surface area contributed by atoms with Gasteiger partial charge in [-0.1, -0.05) is 5.92 Å². The highest BCUT2D eigenvalue weighted by Gasteiger charge is 2.47. The minimum atomic E-state index is -0.471. The maximum atomic E-state index is 13.9. The van der Waals surface area contributed by atoms with Gasteiger partial charge in [0.2, 0.25) is 5.95 Å². The Labute approximate surface area is 189 Å². The Bertz CT molecular complexity index is 1410. The first-order chi connectivity index (χ1) is 16.1. The van der Waals surface area contributed by atoms with Gasteiger partial charge in [0.25, 0.3) is 0 Å². The highest BCUT2D eigenvalue weighted by molar-refractivity contribution is 5.94. The molecule has 33 heavy (non-hydrogen) atoms. The second-order valence-corrected chi connectivity index (χ2v) is 8.83. The van der Waals surface area contributed by atoms with Crippen molar-refractivity contribution in [2.24, 2.45) is 11.1 Å². The van der Waals surface area contributed by atoms with E-state index in [4.69, 9.17) is 15.5 Å².